The monoisotopic (exact) mass is 724 g/mol. The highest BCUT2D eigenvalue weighted by atomic mass is 32.2. The number of fused-ring (bicyclic) bond motifs is 1. The third-order valence-electron chi connectivity index (χ3n) is 8.47. The summed E-state index contributed by atoms with van der Waals surface area (Å²) >= 11 is -1.55. The zero-order valence-corrected chi connectivity index (χ0v) is 31.3. The molecule has 1 N–H and O–H groups in total. The van der Waals surface area contributed by atoms with E-state index in [1.54, 1.807) is 50.6 Å². The average molecular weight is 725 g/mol. The van der Waals surface area contributed by atoms with Crippen LogP contribution in [0.3, 0.4) is 0 Å². The van der Waals surface area contributed by atoms with Crippen LogP contribution in [-0.4, -0.2) is 35.9 Å². The maximum atomic E-state index is 14.9. The first-order valence-electron chi connectivity index (χ1n) is 16.2. The fraction of sp³-hybridized carbons (Fsp3) is 0.200. The van der Waals surface area contributed by atoms with Gasteiger partial charge in [-0.2, -0.15) is 0 Å². The van der Waals surface area contributed by atoms with E-state index in [4.69, 9.17) is 9.47 Å². The van der Waals surface area contributed by atoms with Gasteiger partial charge in [0.05, 0.1) is 24.6 Å². The number of hydrogen-bond acceptors (Lipinski definition) is 6. The van der Waals surface area contributed by atoms with E-state index >= 15 is 0 Å². The lowest BCUT2D eigenvalue weighted by atomic mass is 9.96. The predicted octanol–water partition coefficient (Wildman–Crippen LogP) is 7.67. The lowest BCUT2D eigenvalue weighted by Gasteiger charge is -2.30. The van der Waals surface area contributed by atoms with Gasteiger partial charge in [-0.15, -0.1) is 4.72 Å². The van der Waals surface area contributed by atoms with Crippen molar-refractivity contribution in [3.63, 3.8) is 0 Å². The molecule has 0 saturated carbocycles. The number of nitrogens with zero attached hydrogens (tertiary/aromatic N) is 1. The topological polar surface area (TPSA) is 92.6 Å². The van der Waals surface area contributed by atoms with E-state index in [0.717, 1.165) is 27.1 Å². The fourth-order valence-corrected chi connectivity index (χ4v) is 10.8. The van der Waals surface area contributed by atoms with Crippen LogP contribution in [0.4, 0.5) is 0 Å². The van der Waals surface area contributed by atoms with Gasteiger partial charge in [-0.25, -0.2) is 12.4 Å². The summed E-state index contributed by atoms with van der Waals surface area (Å²) in [5.74, 6) is 1.12. The maximum absolute atomic E-state index is 14.9. The summed E-state index contributed by atoms with van der Waals surface area (Å²) in [6, 6.07) is 41.4. The number of benzene rings is 5. The molecule has 6 aromatic rings. The first kappa shape index (κ1) is 35.7. The smallest absolute Gasteiger partial charge is 0.268 e. The van der Waals surface area contributed by atoms with Crippen LogP contribution in [0.5, 0.6) is 11.5 Å². The van der Waals surface area contributed by atoms with Crippen molar-refractivity contribution in [2.24, 2.45) is 0 Å². The number of methoxy groups -OCH3 is 2. The molecule has 1 heterocycles. The van der Waals surface area contributed by atoms with Crippen LogP contribution in [0.1, 0.15) is 43.6 Å². The molecule has 10 heteroatoms. The van der Waals surface area contributed by atoms with Gasteiger partial charge in [0.1, 0.15) is 22.3 Å². The number of hydrogen-bond donors (Lipinski definition) is 1. The minimum atomic E-state index is -4.11. The molecule has 0 bridgehead atoms. The molecular formula is C40H41N2O5PS2. The minimum Gasteiger partial charge on any atom is -0.598 e. The molecule has 0 amide bonds. The van der Waals surface area contributed by atoms with Crippen LogP contribution in [0.2, 0.25) is 0 Å². The molecule has 0 fully saturated rings. The van der Waals surface area contributed by atoms with Gasteiger partial charge in [-0.05, 0) is 75.2 Å². The Bertz CT molecular complexity index is 2110. The largest absolute Gasteiger partial charge is 0.598 e. The lowest BCUT2D eigenvalue weighted by molar-refractivity contribution is 0.392. The van der Waals surface area contributed by atoms with E-state index in [0.29, 0.717) is 28.9 Å². The van der Waals surface area contributed by atoms with Crippen LogP contribution in [-0.2, 0) is 27.5 Å². The van der Waals surface area contributed by atoms with E-state index in [1.807, 2.05) is 93.6 Å². The molecule has 0 aliphatic rings. The van der Waals surface area contributed by atoms with Crippen molar-refractivity contribution in [2.45, 2.75) is 42.6 Å². The van der Waals surface area contributed by atoms with Gasteiger partial charge in [0.25, 0.3) is 10.0 Å². The summed E-state index contributed by atoms with van der Waals surface area (Å²) < 4.78 is 59.6. The van der Waals surface area contributed by atoms with Crippen molar-refractivity contribution in [3.05, 3.63) is 150 Å². The maximum Gasteiger partial charge on any atom is 0.268 e. The van der Waals surface area contributed by atoms with Gasteiger partial charge in [-0.3, -0.25) is 0 Å². The number of aromatic nitrogens is 1. The van der Waals surface area contributed by atoms with E-state index in [-0.39, 0.29) is 4.90 Å². The minimum absolute atomic E-state index is 0.183. The molecule has 50 heavy (non-hydrogen) atoms. The van der Waals surface area contributed by atoms with E-state index in [1.165, 1.54) is 3.97 Å². The Kier molecular flexibility index (Phi) is 10.7. The van der Waals surface area contributed by atoms with E-state index in [9.17, 15) is 13.0 Å². The molecule has 7 nitrogen and oxygen atoms in total. The zero-order chi connectivity index (χ0) is 35.5. The molecule has 0 aliphatic carbocycles. The summed E-state index contributed by atoms with van der Waals surface area (Å²) in [6.07, 6.45) is 0.390. The SMILES string of the molecule is COc1cc(OC)cc(C(N[S+]([O-])C(C)(C)C)c2c(CP(c3ccccc3)c3ccccc3)n(S(=O)(=O)c3ccccc3)c3ccccc23)c1. The van der Waals surface area contributed by atoms with E-state index in [2.05, 4.69) is 29.0 Å². The average Bonchev–Trinajstić information content (AvgIpc) is 3.47. The molecule has 5 aromatic carbocycles. The predicted molar refractivity (Wildman–Crippen MR) is 206 cm³/mol. The molecule has 0 saturated heterocycles. The Labute approximate surface area is 299 Å². The van der Waals surface area contributed by atoms with Crippen LogP contribution in [0.15, 0.2) is 138 Å². The molecule has 6 rings (SSSR count). The number of rotatable bonds is 12. The molecule has 0 spiro atoms. The van der Waals surface area contributed by atoms with Gasteiger partial charge in [-0.1, -0.05) is 97.1 Å². The molecule has 2 unspecified atom stereocenters. The van der Waals surface area contributed by atoms with Crippen LogP contribution >= 0.6 is 7.92 Å². The summed E-state index contributed by atoms with van der Waals surface area (Å²) in [6.45, 7) is 5.73. The second-order valence-electron chi connectivity index (χ2n) is 12.8. The molecular weight excluding hydrogens is 684 g/mol. The second-order valence-corrected chi connectivity index (χ2v) is 18.8. The standard InChI is InChI=1S/C40H41N2O5PS2/c1-40(2,3)49(43)41-39(29-25-30(46-4)27-31(26-29)47-5)38-35-23-15-16-24-36(35)42(50(44,45)34-21-13-8-14-22-34)37(38)28-48(32-17-9-6-10-18-32)33-19-11-7-12-20-33/h6-27,39,41H,28H2,1-5H3. The summed E-state index contributed by atoms with van der Waals surface area (Å²) in [5.41, 5.74) is 2.61. The van der Waals surface area contributed by atoms with Gasteiger partial charge in [0.2, 0.25) is 0 Å². The van der Waals surface area contributed by atoms with Crippen molar-refractivity contribution >= 4 is 50.8 Å². The van der Waals surface area contributed by atoms with Crippen molar-refractivity contribution in [3.8, 4) is 11.5 Å². The lowest BCUT2D eigenvalue weighted by Crippen LogP contribution is -2.41. The molecule has 258 valence electrons. The van der Waals surface area contributed by atoms with Gasteiger partial charge in [0.15, 0.2) is 0 Å². The third kappa shape index (κ3) is 7.34. The van der Waals surface area contributed by atoms with Gasteiger partial charge < -0.3 is 14.0 Å². The Morgan fingerprint density at radius 2 is 1.26 bits per heavy atom. The molecule has 0 radical (unpaired) electrons. The Morgan fingerprint density at radius 1 is 0.760 bits per heavy atom. The summed E-state index contributed by atoms with van der Waals surface area (Å²) in [7, 11) is -2.04. The number of ether oxygens (including phenoxy) is 2. The Hall–Kier alpha value is -4.11. The number of nitrogens with one attached hydrogen (secondary N) is 1. The van der Waals surface area contributed by atoms with Crippen molar-refractivity contribution in [2.75, 3.05) is 14.2 Å². The fourth-order valence-electron chi connectivity index (χ4n) is 6.00. The van der Waals surface area contributed by atoms with E-state index < -0.39 is 40.1 Å². The van der Waals surface area contributed by atoms with Crippen molar-refractivity contribution in [1.82, 2.24) is 8.69 Å². The quantitative estimate of drug-likeness (QED) is 0.103. The van der Waals surface area contributed by atoms with Crippen LogP contribution in [0.25, 0.3) is 10.9 Å². The van der Waals surface area contributed by atoms with Crippen molar-refractivity contribution < 1.29 is 22.4 Å². The highest BCUT2D eigenvalue weighted by Crippen LogP contribution is 2.46. The zero-order valence-electron chi connectivity index (χ0n) is 28.7. The normalized spacial score (nSPS) is 13.3. The first-order chi connectivity index (χ1) is 24.0. The van der Waals surface area contributed by atoms with Crippen LogP contribution < -0.4 is 24.8 Å². The number of para-hydroxylation sites is 1. The van der Waals surface area contributed by atoms with Gasteiger partial charge in [0, 0.05) is 40.2 Å². The third-order valence-corrected chi connectivity index (χ3v) is 14.3. The molecule has 0 aliphatic heterocycles. The Balaban J connectivity index is 1.72. The van der Waals surface area contributed by atoms with Crippen molar-refractivity contribution in [1.29, 1.82) is 0 Å². The Morgan fingerprint density at radius 3 is 1.78 bits per heavy atom. The highest BCUT2D eigenvalue weighted by molar-refractivity contribution is 7.91. The summed E-state index contributed by atoms with van der Waals surface area (Å²) in [4.78, 5) is 0.183. The summed E-state index contributed by atoms with van der Waals surface area (Å²) in [5, 5.41) is 2.96. The second kappa shape index (κ2) is 15.0. The first-order valence-corrected chi connectivity index (χ1v) is 20.4. The molecule has 1 aromatic heterocycles. The highest BCUT2D eigenvalue weighted by Gasteiger charge is 2.37. The van der Waals surface area contributed by atoms with Crippen LogP contribution in [0, 0.1) is 0 Å². The van der Waals surface area contributed by atoms with Gasteiger partial charge >= 0.3 is 0 Å². The molecule has 2 atom stereocenters.